The Labute approximate surface area is 106 Å². The van der Waals surface area contributed by atoms with Crippen molar-refractivity contribution in [3.63, 3.8) is 0 Å². The number of rotatable bonds is 2. The van der Waals surface area contributed by atoms with Crippen LogP contribution < -0.4 is 0 Å². The largest absolute Gasteiger partial charge is 0.339 e. The standard InChI is InChI=1S/C12H14FNO3S/c13-18(16,17)11-6-4-5-10(9-11)12(15)14-7-2-1-3-8-14/h4-6,9H,1-3,7-8H2. The van der Waals surface area contributed by atoms with Gasteiger partial charge in [0.1, 0.15) is 0 Å². The van der Waals surface area contributed by atoms with E-state index in [1.165, 1.54) is 12.1 Å². The minimum atomic E-state index is -4.76. The van der Waals surface area contributed by atoms with Gasteiger partial charge in [-0.05, 0) is 37.5 Å². The molecule has 1 amide bonds. The predicted molar refractivity (Wildman–Crippen MR) is 64.5 cm³/mol. The van der Waals surface area contributed by atoms with E-state index in [4.69, 9.17) is 0 Å². The van der Waals surface area contributed by atoms with Gasteiger partial charge in [-0.2, -0.15) is 8.42 Å². The first-order valence-corrected chi connectivity index (χ1v) is 7.21. The summed E-state index contributed by atoms with van der Waals surface area (Å²) in [4.78, 5) is 13.3. The SMILES string of the molecule is O=C(c1cccc(S(=O)(=O)F)c1)N1CCCCC1. The number of likely N-dealkylation sites (tertiary alicyclic amines) is 1. The van der Waals surface area contributed by atoms with E-state index < -0.39 is 15.1 Å². The lowest BCUT2D eigenvalue weighted by atomic mass is 10.1. The monoisotopic (exact) mass is 271 g/mol. The molecule has 6 heteroatoms. The average Bonchev–Trinajstić information content (AvgIpc) is 2.38. The number of hydrogen-bond donors (Lipinski definition) is 0. The van der Waals surface area contributed by atoms with E-state index >= 15 is 0 Å². The van der Waals surface area contributed by atoms with Crippen molar-refractivity contribution in [2.24, 2.45) is 0 Å². The van der Waals surface area contributed by atoms with E-state index in [-0.39, 0.29) is 11.5 Å². The third-order valence-corrected chi connectivity index (χ3v) is 3.82. The maximum atomic E-state index is 12.9. The van der Waals surface area contributed by atoms with Crippen LogP contribution in [-0.4, -0.2) is 32.3 Å². The molecule has 98 valence electrons. The number of carbonyl (C=O) groups excluding carboxylic acids is 1. The number of hydrogen-bond acceptors (Lipinski definition) is 3. The van der Waals surface area contributed by atoms with Gasteiger partial charge in [0.25, 0.3) is 5.91 Å². The summed E-state index contributed by atoms with van der Waals surface area (Å²) >= 11 is 0. The molecule has 1 aliphatic heterocycles. The maximum Gasteiger partial charge on any atom is 0.332 e. The van der Waals surface area contributed by atoms with Crippen LogP contribution in [0.25, 0.3) is 0 Å². The van der Waals surface area contributed by atoms with E-state index in [9.17, 15) is 17.1 Å². The van der Waals surface area contributed by atoms with Crippen LogP contribution in [0.15, 0.2) is 29.2 Å². The molecule has 1 heterocycles. The van der Waals surface area contributed by atoms with Crippen molar-refractivity contribution in [1.82, 2.24) is 4.90 Å². The molecule has 1 aromatic carbocycles. The number of benzene rings is 1. The number of amides is 1. The van der Waals surface area contributed by atoms with Gasteiger partial charge in [0.2, 0.25) is 0 Å². The highest BCUT2D eigenvalue weighted by atomic mass is 32.3. The van der Waals surface area contributed by atoms with Gasteiger partial charge in [-0.3, -0.25) is 4.79 Å². The quantitative estimate of drug-likeness (QED) is 0.773. The van der Waals surface area contributed by atoms with Gasteiger partial charge in [-0.15, -0.1) is 3.89 Å². The topological polar surface area (TPSA) is 54.5 Å². The molecule has 0 aliphatic carbocycles. The zero-order chi connectivity index (χ0) is 13.2. The normalized spacial score (nSPS) is 16.6. The van der Waals surface area contributed by atoms with Crippen molar-refractivity contribution in [3.8, 4) is 0 Å². The Morgan fingerprint density at radius 2 is 1.83 bits per heavy atom. The summed E-state index contributed by atoms with van der Waals surface area (Å²) in [6, 6.07) is 5.11. The molecule has 0 unspecified atom stereocenters. The predicted octanol–water partition coefficient (Wildman–Crippen LogP) is 1.97. The first-order valence-electron chi connectivity index (χ1n) is 5.82. The minimum Gasteiger partial charge on any atom is -0.339 e. The summed E-state index contributed by atoms with van der Waals surface area (Å²) in [6.07, 6.45) is 3.00. The van der Waals surface area contributed by atoms with E-state index in [1.807, 2.05) is 0 Å². The highest BCUT2D eigenvalue weighted by Gasteiger charge is 2.20. The molecule has 0 atom stereocenters. The Morgan fingerprint density at radius 3 is 2.44 bits per heavy atom. The first kappa shape index (κ1) is 13.0. The Hall–Kier alpha value is -1.43. The maximum absolute atomic E-state index is 12.9. The molecule has 1 aromatic rings. The van der Waals surface area contributed by atoms with Crippen molar-refractivity contribution >= 4 is 16.1 Å². The van der Waals surface area contributed by atoms with Gasteiger partial charge in [0.15, 0.2) is 0 Å². The van der Waals surface area contributed by atoms with Gasteiger partial charge in [-0.25, -0.2) is 0 Å². The lowest BCUT2D eigenvalue weighted by molar-refractivity contribution is 0.0724. The van der Waals surface area contributed by atoms with Crippen LogP contribution in [0.3, 0.4) is 0 Å². The third-order valence-electron chi connectivity index (χ3n) is 3.01. The number of piperidine rings is 1. The molecule has 1 aliphatic rings. The van der Waals surface area contributed by atoms with Crippen LogP contribution >= 0.6 is 0 Å². The summed E-state index contributed by atoms with van der Waals surface area (Å²) in [7, 11) is -4.76. The van der Waals surface area contributed by atoms with Crippen LogP contribution in [0, 0.1) is 0 Å². The Bertz CT molecular complexity index is 550. The van der Waals surface area contributed by atoms with Crippen molar-refractivity contribution < 1.29 is 17.1 Å². The molecule has 4 nitrogen and oxygen atoms in total. The smallest absolute Gasteiger partial charge is 0.332 e. The van der Waals surface area contributed by atoms with Crippen molar-refractivity contribution in [2.75, 3.05) is 13.1 Å². The Morgan fingerprint density at radius 1 is 1.17 bits per heavy atom. The molecule has 2 rings (SSSR count). The molecule has 0 bridgehead atoms. The molecule has 1 saturated heterocycles. The van der Waals surface area contributed by atoms with E-state index in [1.54, 1.807) is 4.90 Å². The molecule has 0 radical (unpaired) electrons. The van der Waals surface area contributed by atoms with Gasteiger partial charge in [0.05, 0.1) is 4.90 Å². The minimum absolute atomic E-state index is 0.218. The lowest BCUT2D eigenvalue weighted by Crippen LogP contribution is -2.35. The summed E-state index contributed by atoms with van der Waals surface area (Å²) in [6.45, 7) is 1.34. The number of nitrogens with zero attached hydrogens (tertiary/aromatic N) is 1. The van der Waals surface area contributed by atoms with Crippen LogP contribution in [0.1, 0.15) is 29.6 Å². The molecule has 0 N–H and O–H groups in total. The third kappa shape index (κ3) is 2.87. The Kier molecular flexibility index (Phi) is 3.65. The Balaban J connectivity index is 2.25. The van der Waals surface area contributed by atoms with Gasteiger partial charge >= 0.3 is 10.2 Å². The summed E-state index contributed by atoms with van der Waals surface area (Å²) in [5.41, 5.74) is 0.218. The fourth-order valence-corrected chi connectivity index (χ4v) is 2.57. The van der Waals surface area contributed by atoms with E-state index in [0.717, 1.165) is 31.4 Å². The second-order valence-electron chi connectivity index (χ2n) is 4.32. The summed E-state index contributed by atoms with van der Waals surface area (Å²) in [5.74, 6) is -0.236. The van der Waals surface area contributed by atoms with E-state index in [0.29, 0.717) is 13.1 Å². The highest BCUT2D eigenvalue weighted by Crippen LogP contribution is 2.17. The second-order valence-corrected chi connectivity index (χ2v) is 5.67. The fraction of sp³-hybridized carbons (Fsp3) is 0.417. The van der Waals surface area contributed by atoms with E-state index in [2.05, 4.69) is 0 Å². The highest BCUT2D eigenvalue weighted by molar-refractivity contribution is 7.86. The zero-order valence-corrected chi connectivity index (χ0v) is 10.6. The van der Waals surface area contributed by atoms with Crippen LogP contribution in [0.4, 0.5) is 3.89 Å². The molecule has 0 spiro atoms. The van der Waals surface area contributed by atoms with Gasteiger partial charge in [-0.1, -0.05) is 6.07 Å². The molecular weight excluding hydrogens is 257 g/mol. The zero-order valence-electron chi connectivity index (χ0n) is 9.80. The molecule has 0 saturated carbocycles. The van der Waals surface area contributed by atoms with Crippen LogP contribution in [0.5, 0.6) is 0 Å². The van der Waals surface area contributed by atoms with Crippen molar-refractivity contribution in [3.05, 3.63) is 29.8 Å². The first-order chi connectivity index (χ1) is 8.48. The van der Waals surface area contributed by atoms with Crippen LogP contribution in [-0.2, 0) is 10.2 Å². The molecule has 0 aromatic heterocycles. The number of carbonyl (C=O) groups is 1. The number of halogens is 1. The summed E-state index contributed by atoms with van der Waals surface area (Å²) < 4.78 is 34.4. The average molecular weight is 271 g/mol. The summed E-state index contributed by atoms with van der Waals surface area (Å²) in [5, 5.41) is 0. The van der Waals surface area contributed by atoms with Crippen LogP contribution in [0.2, 0.25) is 0 Å². The fourth-order valence-electron chi connectivity index (χ4n) is 2.06. The van der Waals surface area contributed by atoms with Gasteiger partial charge in [0, 0.05) is 18.7 Å². The molecular formula is C12H14FNO3S. The van der Waals surface area contributed by atoms with Gasteiger partial charge < -0.3 is 4.90 Å². The second kappa shape index (κ2) is 5.06. The van der Waals surface area contributed by atoms with Crippen molar-refractivity contribution in [1.29, 1.82) is 0 Å². The lowest BCUT2D eigenvalue weighted by Gasteiger charge is -2.26. The molecule has 1 fully saturated rings. The van der Waals surface area contributed by atoms with Crippen molar-refractivity contribution in [2.45, 2.75) is 24.2 Å². The molecule has 18 heavy (non-hydrogen) atoms.